The molecule has 0 aliphatic heterocycles. The molecule has 7 nitrogen and oxygen atoms in total. The van der Waals surface area contributed by atoms with Crippen LogP contribution in [0.25, 0.3) is 10.9 Å². The van der Waals surface area contributed by atoms with Crippen LogP contribution in [0.4, 0.5) is 5.69 Å². The van der Waals surface area contributed by atoms with Gasteiger partial charge in [0.15, 0.2) is 0 Å². The number of carbonyl (C=O) groups excluding carboxylic acids is 3. The lowest BCUT2D eigenvalue weighted by molar-refractivity contribution is -0.191. The molecule has 32 heavy (non-hydrogen) atoms. The highest BCUT2D eigenvalue weighted by molar-refractivity contribution is 5.95. The Morgan fingerprint density at radius 3 is 2.50 bits per heavy atom. The van der Waals surface area contributed by atoms with Crippen LogP contribution in [0.5, 0.6) is 11.5 Å². The van der Waals surface area contributed by atoms with Gasteiger partial charge in [-0.2, -0.15) is 9.59 Å². The zero-order chi connectivity index (χ0) is 23.7. The largest absolute Gasteiger partial charge is 0.497 e. The number of rotatable bonds is 8. The molecule has 0 unspecified atom stereocenters. The SMILES string of the molecule is COc1cccc(CCC(=O)C(C)(C)COc2cccc3nc(C)cc(N)c23)c1.O=C=O. The van der Waals surface area contributed by atoms with Crippen molar-refractivity contribution in [1.29, 1.82) is 0 Å². The summed E-state index contributed by atoms with van der Waals surface area (Å²) in [6.45, 7) is 6.01. The number of nitrogens with two attached hydrogens (primary N) is 1. The third kappa shape index (κ3) is 6.40. The minimum Gasteiger partial charge on any atom is -0.497 e. The quantitative estimate of drug-likeness (QED) is 0.565. The van der Waals surface area contributed by atoms with Crippen molar-refractivity contribution in [3.63, 3.8) is 0 Å². The molecule has 2 N–H and O–H groups in total. The van der Waals surface area contributed by atoms with Crippen molar-refractivity contribution in [3.8, 4) is 11.5 Å². The van der Waals surface area contributed by atoms with Crippen molar-refractivity contribution in [2.75, 3.05) is 19.5 Å². The van der Waals surface area contributed by atoms with Crippen LogP contribution in [0.15, 0.2) is 48.5 Å². The molecule has 1 aromatic heterocycles. The number of Topliss-reactive ketones (excluding diaryl/α,β-unsaturated/α-hetero) is 1. The van der Waals surface area contributed by atoms with Crippen molar-refractivity contribution >= 4 is 28.5 Å². The Balaban J connectivity index is 0.00000114. The van der Waals surface area contributed by atoms with E-state index in [1.807, 2.05) is 69.3 Å². The Kier molecular flexibility index (Phi) is 8.50. The van der Waals surface area contributed by atoms with Crippen LogP contribution >= 0.6 is 0 Å². The number of benzene rings is 2. The summed E-state index contributed by atoms with van der Waals surface area (Å²) in [5.41, 5.74) is 8.94. The van der Waals surface area contributed by atoms with Gasteiger partial charge in [-0.1, -0.05) is 18.2 Å². The standard InChI is InChI=1S/C24H28N2O3.CO2/c1-16-13-19(25)23-20(26-16)9-6-10-21(23)29-15-24(2,3)22(27)12-11-17-7-5-8-18(14-17)28-4;2-1-3/h5-10,13-14H,11-12,15H2,1-4H3,(H2,25,26);. The number of carbonyl (C=O) groups is 1. The Labute approximate surface area is 187 Å². The summed E-state index contributed by atoms with van der Waals surface area (Å²) in [7, 11) is 1.64. The predicted octanol–water partition coefficient (Wildman–Crippen LogP) is 4.16. The fraction of sp³-hybridized carbons (Fsp3) is 0.320. The van der Waals surface area contributed by atoms with Crippen LogP contribution in [0.2, 0.25) is 0 Å². The van der Waals surface area contributed by atoms with Gasteiger partial charge >= 0.3 is 6.15 Å². The Morgan fingerprint density at radius 1 is 1.12 bits per heavy atom. The minimum absolute atomic E-state index is 0.155. The summed E-state index contributed by atoms with van der Waals surface area (Å²) in [6, 6.07) is 15.3. The zero-order valence-electron chi connectivity index (χ0n) is 18.8. The monoisotopic (exact) mass is 436 g/mol. The van der Waals surface area contributed by atoms with E-state index in [4.69, 9.17) is 24.8 Å². The smallest absolute Gasteiger partial charge is 0.373 e. The number of hydrogen-bond acceptors (Lipinski definition) is 7. The molecule has 1 heterocycles. The first-order valence-corrected chi connectivity index (χ1v) is 10.2. The van der Waals surface area contributed by atoms with Crippen molar-refractivity contribution < 1.29 is 23.9 Å². The molecule has 0 saturated carbocycles. The molecule has 0 aliphatic rings. The van der Waals surface area contributed by atoms with Gasteiger partial charge in [0.2, 0.25) is 0 Å². The lowest BCUT2D eigenvalue weighted by Crippen LogP contribution is -2.31. The maximum atomic E-state index is 12.8. The number of hydrogen-bond donors (Lipinski definition) is 1. The number of fused-ring (bicyclic) bond motifs is 1. The van der Waals surface area contributed by atoms with Crippen LogP contribution < -0.4 is 15.2 Å². The molecule has 2 aromatic carbocycles. The molecule has 0 fully saturated rings. The van der Waals surface area contributed by atoms with Gasteiger partial charge in [0, 0.05) is 17.8 Å². The molecular formula is C25H28N2O5. The second-order valence-corrected chi connectivity index (χ2v) is 8.03. The molecule has 0 bridgehead atoms. The van der Waals surface area contributed by atoms with Gasteiger partial charge in [-0.3, -0.25) is 9.78 Å². The average Bonchev–Trinajstić information content (AvgIpc) is 2.76. The summed E-state index contributed by atoms with van der Waals surface area (Å²) >= 11 is 0. The maximum absolute atomic E-state index is 12.8. The highest BCUT2D eigenvalue weighted by Crippen LogP contribution is 2.32. The van der Waals surface area contributed by atoms with E-state index < -0.39 is 5.41 Å². The number of methoxy groups -OCH3 is 1. The van der Waals surface area contributed by atoms with E-state index in [-0.39, 0.29) is 18.5 Å². The first-order chi connectivity index (χ1) is 15.2. The molecule has 3 rings (SSSR count). The van der Waals surface area contributed by atoms with E-state index in [0.717, 1.165) is 27.9 Å². The Morgan fingerprint density at radius 2 is 1.81 bits per heavy atom. The Bertz CT molecular complexity index is 1120. The number of pyridine rings is 1. The molecule has 0 spiro atoms. The highest BCUT2D eigenvalue weighted by Gasteiger charge is 2.28. The predicted molar refractivity (Wildman–Crippen MR) is 121 cm³/mol. The van der Waals surface area contributed by atoms with Crippen LogP contribution in [0, 0.1) is 12.3 Å². The first-order valence-electron chi connectivity index (χ1n) is 10.2. The molecule has 0 aliphatic carbocycles. The summed E-state index contributed by atoms with van der Waals surface area (Å²) in [4.78, 5) is 33.6. The van der Waals surface area contributed by atoms with Crippen molar-refractivity contribution in [2.45, 2.75) is 33.6 Å². The van der Waals surface area contributed by atoms with E-state index in [1.54, 1.807) is 7.11 Å². The van der Waals surface area contributed by atoms with Gasteiger partial charge in [-0.25, -0.2) is 0 Å². The highest BCUT2D eigenvalue weighted by atomic mass is 16.5. The molecule has 3 aromatic rings. The van der Waals surface area contributed by atoms with Crippen molar-refractivity contribution in [3.05, 3.63) is 59.8 Å². The maximum Gasteiger partial charge on any atom is 0.373 e. The number of nitrogens with zero attached hydrogens (tertiary/aromatic N) is 1. The molecule has 0 atom stereocenters. The van der Waals surface area contributed by atoms with Gasteiger partial charge < -0.3 is 15.2 Å². The lowest BCUT2D eigenvalue weighted by atomic mass is 9.86. The molecule has 168 valence electrons. The summed E-state index contributed by atoms with van der Waals surface area (Å²) in [5, 5.41) is 0.790. The van der Waals surface area contributed by atoms with E-state index in [2.05, 4.69) is 4.98 Å². The van der Waals surface area contributed by atoms with Gasteiger partial charge in [0.05, 0.1) is 23.4 Å². The van der Waals surface area contributed by atoms with Gasteiger partial charge in [-0.15, -0.1) is 0 Å². The number of ketones is 1. The van der Waals surface area contributed by atoms with Crippen molar-refractivity contribution in [1.82, 2.24) is 4.98 Å². The minimum atomic E-state index is -0.617. The Hall–Kier alpha value is -3.70. The van der Waals surface area contributed by atoms with Crippen LogP contribution in [0.1, 0.15) is 31.5 Å². The number of aryl methyl sites for hydroxylation is 2. The second kappa shape index (κ2) is 11.1. The first kappa shape index (κ1) is 24.6. The molecule has 0 saturated heterocycles. The van der Waals surface area contributed by atoms with E-state index in [0.29, 0.717) is 24.3 Å². The summed E-state index contributed by atoms with van der Waals surface area (Å²) in [5.74, 6) is 1.61. The van der Waals surface area contributed by atoms with Gasteiger partial charge in [0.1, 0.15) is 23.9 Å². The zero-order valence-corrected chi connectivity index (χ0v) is 18.8. The molecule has 0 radical (unpaired) electrons. The third-order valence-electron chi connectivity index (χ3n) is 5.07. The second-order valence-electron chi connectivity index (χ2n) is 8.03. The number of nitrogen functional groups attached to an aromatic ring is 1. The average molecular weight is 437 g/mol. The molecule has 0 amide bonds. The number of anilines is 1. The molecule has 7 heteroatoms. The van der Waals surface area contributed by atoms with Crippen LogP contribution in [0.3, 0.4) is 0 Å². The third-order valence-corrected chi connectivity index (χ3v) is 5.07. The number of ether oxygens (including phenoxy) is 2. The number of aromatic nitrogens is 1. The summed E-state index contributed by atoms with van der Waals surface area (Å²) < 4.78 is 11.3. The topological polar surface area (TPSA) is 109 Å². The van der Waals surface area contributed by atoms with E-state index >= 15 is 0 Å². The fourth-order valence-electron chi connectivity index (χ4n) is 3.31. The van der Waals surface area contributed by atoms with E-state index in [9.17, 15) is 4.79 Å². The molecular weight excluding hydrogens is 408 g/mol. The fourth-order valence-corrected chi connectivity index (χ4v) is 3.31. The lowest BCUT2D eigenvalue weighted by Gasteiger charge is -2.24. The summed E-state index contributed by atoms with van der Waals surface area (Å²) in [6.07, 6.45) is 1.37. The van der Waals surface area contributed by atoms with Gasteiger partial charge in [0.25, 0.3) is 0 Å². The van der Waals surface area contributed by atoms with Crippen molar-refractivity contribution in [2.24, 2.45) is 5.41 Å². The van der Waals surface area contributed by atoms with Crippen LogP contribution in [-0.4, -0.2) is 30.6 Å². The van der Waals surface area contributed by atoms with E-state index in [1.165, 1.54) is 0 Å². The van der Waals surface area contributed by atoms with Crippen LogP contribution in [-0.2, 0) is 20.8 Å². The normalized spacial score (nSPS) is 10.6. The van der Waals surface area contributed by atoms with Gasteiger partial charge in [-0.05, 0) is 63.1 Å².